The number of carbonyl (C=O) groups excluding carboxylic acids is 2. The summed E-state index contributed by atoms with van der Waals surface area (Å²) < 4.78 is 33.5. The zero-order valence-corrected chi connectivity index (χ0v) is 36.5. The molecule has 0 radical (unpaired) electrons. The Hall–Kier alpha value is -1.93. The number of carbonyl (C=O) groups is 2. The van der Waals surface area contributed by atoms with E-state index in [0.717, 1.165) is 70.6 Å². The first-order valence-electron chi connectivity index (χ1n) is 22.3. The minimum absolute atomic E-state index is 0.0784. The third-order valence-electron chi connectivity index (χ3n) is 10.2. The second-order valence-corrected chi connectivity index (χ2v) is 16.9. The highest BCUT2D eigenvalue weighted by Gasteiger charge is 2.51. The second kappa shape index (κ2) is 34.7. The van der Waals surface area contributed by atoms with E-state index in [4.69, 9.17) is 18.5 Å². The molecule has 0 saturated heterocycles. The number of hydrogen-bond donors (Lipinski definition) is 6. The van der Waals surface area contributed by atoms with Crippen LogP contribution in [0.25, 0.3) is 0 Å². The standard InChI is InChI=1S/C44H79O13P/c1-3-5-7-9-11-13-15-17-19-21-23-25-27-29-31-33-38(46)56-36(35-55-58(52,53)57-44-42(50)40(48)39(47)41(49)43(44)51)34-54-37(45)32-30-28-26-24-22-20-18-16-14-12-10-8-6-4-2/h5,7,11,13,17,19,36,39-44,47-51H,3-4,6,8-10,12,14-16,18,20-35H2,1-2H3,(H,52,53)/b7-5-,13-11-,19-17-/t36-,39?,40-,41?,42?,43?,44?/m1/s1. The molecule has 58 heavy (non-hydrogen) atoms. The van der Waals surface area contributed by atoms with Crippen LogP contribution in [0.4, 0.5) is 0 Å². The van der Waals surface area contributed by atoms with Crippen molar-refractivity contribution in [2.75, 3.05) is 13.2 Å². The summed E-state index contributed by atoms with van der Waals surface area (Å²) in [6, 6.07) is 0. The van der Waals surface area contributed by atoms with Crippen LogP contribution >= 0.6 is 7.82 Å². The molecule has 6 N–H and O–H groups in total. The number of aliphatic hydroxyl groups is 5. The monoisotopic (exact) mass is 847 g/mol. The summed E-state index contributed by atoms with van der Waals surface area (Å²) in [5, 5.41) is 50.1. The van der Waals surface area contributed by atoms with Crippen LogP contribution in [0.3, 0.4) is 0 Å². The summed E-state index contributed by atoms with van der Waals surface area (Å²) in [5.41, 5.74) is 0. The van der Waals surface area contributed by atoms with Gasteiger partial charge in [-0.05, 0) is 44.9 Å². The summed E-state index contributed by atoms with van der Waals surface area (Å²) in [7, 11) is -5.12. The zero-order valence-electron chi connectivity index (χ0n) is 35.6. The molecule has 0 amide bonds. The van der Waals surface area contributed by atoms with E-state index in [9.17, 15) is 44.6 Å². The molecular formula is C44H79O13P. The van der Waals surface area contributed by atoms with E-state index >= 15 is 0 Å². The second-order valence-electron chi connectivity index (χ2n) is 15.5. The van der Waals surface area contributed by atoms with Gasteiger partial charge in [-0.25, -0.2) is 4.57 Å². The van der Waals surface area contributed by atoms with Gasteiger partial charge >= 0.3 is 19.8 Å². The molecule has 0 bridgehead atoms. The fourth-order valence-corrected chi connectivity index (χ4v) is 7.63. The van der Waals surface area contributed by atoms with Crippen LogP contribution in [0, 0.1) is 0 Å². The van der Waals surface area contributed by atoms with Crippen LogP contribution in [-0.4, -0.2) is 98.3 Å². The van der Waals surface area contributed by atoms with Crippen LogP contribution in [0.5, 0.6) is 0 Å². The van der Waals surface area contributed by atoms with E-state index < -0.39 is 75.7 Å². The van der Waals surface area contributed by atoms with Crippen molar-refractivity contribution in [3.63, 3.8) is 0 Å². The normalized spacial score (nSPS) is 22.8. The number of allylic oxidation sites excluding steroid dienone is 6. The molecule has 0 spiro atoms. The van der Waals surface area contributed by atoms with Crippen molar-refractivity contribution in [3.05, 3.63) is 36.5 Å². The molecule has 0 aromatic heterocycles. The summed E-state index contributed by atoms with van der Waals surface area (Å²) in [6.45, 7) is 3.17. The Balaban J connectivity index is 2.49. The third kappa shape index (κ3) is 27.0. The van der Waals surface area contributed by atoms with E-state index in [-0.39, 0.29) is 12.8 Å². The Morgan fingerprint density at radius 1 is 0.552 bits per heavy atom. The fourth-order valence-electron chi connectivity index (χ4n) is 6.65. The van der Waals surface area contributed by atoms with Gasteiger partial charge in [0.05, 0.1) is 6.61 Å². The van der Waals surface area contributed by atoms with Gasteiger partial charge in [0.2, 0.25) is 0 Å². The molecular weight excluding hydrogens is 767 g/mol. The smallest absolute Gasteiger partial charge is 0.462 e. The molecule has 13 nitrogen and oxygen atoms in total. The Morgan fingerprint density at radius 3 is 1.50 bits per heavy atom. The molecule has 0 heterocycles. The zero-order chi connectivity index (χ0) is 42.9. The molecule has 14 heteroatoms. The van der Waals surface area contributed by atoms with Crippen molar-refractivity contribution in [3.8, 4) is 0 Å². The van der Waals surface area contributed by atoms with Crippen LogP contribution in [0.2, 0.25) is 0 Å². The summed E-state index contributed by atoms with van der Waals surface area (Å²) >= 11 is 0. The van der Waals surface area contributed by atoms with Crippen molar-refractivity contribution in [2.45, 2.75) is 217 Å². The van der Waals surface area contributed by atoms with Gasteiger partial charge in [0.25, 0.3) is 0 Å². The van der Waals surface area contributed by atoms with Gasteiger partial charge in [-0.2, -0.15) is 0 Å². The molecule has 6 unspecified atom stereocenters. The molecule has 1 aliphatic carbocycles. The number of esters is 2. The van der Waals surface area contributed by atoms with Crippen LogP contribution in [0.15, 0.2) is 36.5 Å². The molecule has 1 fully saturated rings. The van der Waals surface area contributed by atoms with Crippen molar-refractivity contribution < 1.29 is 63.1 Å². The van der Waals surface area contributed by atoms with Gasteiger partial charge in [-0.3, -0.25) is 18.6 Å². The first-order valence-corrected chi connectivity index (χ1v) is 23.8. The van der Waals surface area contributed by atoms with Gasteiger partial charge in [-0.1, -0.05) is 153 Å². The minimum atomic E-state index is -5.12. The Labute approximate surface area is 348 Å². The Morgan fingerprint density at radius 2 is 0.983 bits per heavy atom. The first-order chi connectivity index (χ1) is 27.9. The van der Waals surface area contributed by atoms with Gasteiger partial charge in [0.15, 0.2) is 6.10 Å². The van der Waals surface area contributed by atoms with E-state index in [1.807, 2.05) is 0 Å². The van der Waals surface area contributed by atoms with Crippen LogP contribution < -0.4 is 0 Å². The minimum Gasteiger partial charge on any atom is -0.462 e. The van der Waals surface area contributed by atoms with Crippen LogP contribution in [-0.2, 0) is 32.7 Å². The van der Waals surface area contributed by atoms with Gasteiger partial charge in [0, 0.05) is 12.8 Å². The lowest BCUT2D eigenvalue weighted by Gasteiger charge is -2.41. The van der Waals surface area contributed by atoms with E-state index in [1.54, 1.807) is 0 Å². The maximum Gasteiger partial charge on any atom is 0.472 e. The lowest BCUT2D eigenvalue weighted by atomic mass is 9.85. The quantitative estimate of drug-likeness (QED) is 0.0152. The largest absolute Gasteiger partial charge is 0.472 e. The van der Waals surface area contributed by atoms with Crippen molar-refractivity contribution in [2.24, 2.45) is 0 Å². The Bertz CT molecular complexity index is 1160. The van der Waals surface area contributed by atoms with Gasteiger partial charge in [-0.15, -0.1) is 0 Å². The van der Waals surface area contributed by atoms with Crippen LogP contribution in [0.1, 0.15) is 174 Å². The Kier molecular flexibility index (Phi) is 32.4. The number of unbranched alkanes of at least 4 members (excludes halogenated alkanes) is 18. The maximum atomic E-state index is 12.8. The van der Waals surface area contributed by atoms with Gasteiger partial charge in [0.1, 0.15) is 43.2 Å². The highest BCUT2D eigenvalue weighted by atomic mass is 31.2. The SMILES string of the molecule is CC/C=C\C/C=C\C/C=C\CCCCCCCC(=O)O[C@H](COC(=O)CCCCCCCCCCCCCCCC)COP(=O)(O)OC1C(O)C(O)C(O)[C@@H](O)C1O. The highest BCUT2D eigenvalue weighted by Crippen LogP contribution is 2.47. The number of phosphoric acid groups is 1. The molecule has 8 atom stereocenters. The van der Waals surface area contributed by atoms with E-state index in [2.05, 4.69) is 50.3 Å². The predicted octanol–water partition coefficient (Wildman–Crippen LogP) is 8.22. The molecule has 0 aliphatic heterocycles. The predicted molar refractivity (Wildman–Crippen MR) is 226 cm³/mol. The van der Waals surface area contributed by atoms with Crippen molar-refractivity contribution in [1.29, 1.82) is 0 Å². The fraction of sp³-hybridized carbons (Fsp3) is 0.818. The molecule has 0 aromatic carbocycles. The number of rotatable bonds is 36. The number of hydrogen-bond acceptors (Lipinski definition) is 12. The number of ether oxygens (including phenoxy) is 2. The topological polar surface area (TPSA) is 210 Å². The molecule has 1 saturated carbocycles. The van der Waals surface area contributed by atoms with Gasteiger partial charge < -0.3 is 39.9 Å². The summed E-state index contributed by atoms with van der Waals surface area (Å²) in [5.74, 6) is -1.12. The average molecular weight is 847 g/mol. The number of phosphoric ester groups is 1. The van der Waals surface area contributed by atoms with E-state index in [1.165, 1.54) is 64.2 Å². The molecule has 0 aromatic rings. The summed E-state index contributed by atoms with van der Waals surface area (Å²) in [4.78, 5) is 35.6. The highest BCUT2D eigenvalue weighted by molar-refractivity contribution is 7.47. The van der Waals surface area contributed by atoms with Crippen molar-refractivity contribution >= 4 is 19.8 Å². The third-order valence-corrected chi connectivity index (χ3v) is 11.2. The first kappa shape index (κ1) is 54.1. The molecule has 1 aliphatic rings. The van der Waals surface area contributed by atoms with E-state index in [0.29, 0.717) is 12.8 Å². The molecule has 338 valence electrons. The number of aliphatic hydroxyl groups excluding tert-OH is 5. The van der Waals surface area contributed by atoms with Crippen molar-refractivity contribution in [1.82, 2.24) is 0 Å². The lowest BCUT2D eigenvalue weighted by Crippen LogP contribution is -2.64. The summed E-state index contributed by atoms with van der Waals surface area (Å²) in [6.07, 6.45) is 24.9. The molecule has 1 rings (SSSR count). The maximum absolute atomic E-state index is 12.8. The average Bonchev–Trinajstić information content (AvgIpc) is 3.20. The lowest BCUT2D eigenvalue weighted by molar-refractivity contribution is -0.220.